The summed E-state index contributed by atoms with van der Waals surface area (Å²) in [5.41, 5.74) is 1.24. The highest BCUT2D eigenvalue weighted by Gasteiger charge is 2.26. The molecule has 17 heavy (non-hydrogen) atoms. The Morgan fingerprint density at radius 2 is 1.88 bits per heavy atom. The Hall–Kier alpha value is -1.25. The fourth-order valence-electron chi connectivity index (χ4n) is 2.38. The Bertz CT molecular complexity index is 367. The van der Waals surface area contributed by atoms with Gasteiger partial charge in [0.25, 0.3) is 0 Å². The van der Waals surface area contributed by atoms with Crippen LogP contribution in [0.2, 0.25) is 0 Å². The van der Waals surface area contributed by atoms with Gasteiger partial charge in [0.2, 0.25) is 5.88 Å². The molecule has 0 bridgehead atoms. The maximum atomic E-state index is 5.25. The van der Waals surface area contributed by atoms with Gasteiger partial charge in [0, 0.05) is 11.7 Å². The molecule has 0 radical (unpaired) electrons. The van der Waals surface area contributed by atoms with Crippen LogP contribution in [0.25, 0.3) is 0 Å². The molecule has 0 aliphatic carbocycles. The molecule has 0 aromatic carbocycles. The van der Waals surface area contributed by atoms with Crippen LogP contribution in [0.4, 0.5) is 5.69 Å². The topological polar surface area (TPSA) is 34.1 Å². The summed E-state index contributed by atoms with van der Waals surface area (Å²) in [7, 11) is 1.64. The van der Waals surface area contributed by atoms with Crippen LogP contribution in [-0.4, -0.2) is 17.6 Å². The van der Waals surface area contributed by atoms with Gasteiger partial charge < -0.3 is 10.1 Å². The summed E-state index contributed by atoms with van der Waals surface area (Å²) in [5, 5.41) is 3.51. The standard InChI is InChI=1S/C14H24N2O/c1-13(2,3)10-14(4,5)16-11-8-7-9-15-12(11)17-6/h7-9,16H,10H2,1-6H3. The van der Waals surface area contributed by atoms with E-state index in [9.17, 15) is 0 Å². The van der Waals surface area contributed by atoms with Gasteiger partial charge in [0.1, 0.15) is 0 Å². The second-order valence-electron chi connectivity index (χ2n) is 6.31. The summed E-state index contributed by atoms with van der Waals surface area (Å²) in [5.74, 6) is 0.648. The maximum Gasteiger partial charge on any atom is 0.237 e. The molecular weight excluding hydrogens is 212 g/mol. The predicted molar refractivity (Wildman–Crippen MR) is 72.6 cm³/mol. The van der Waals surface area contributed by atoms with Crippen molar-refractivity contribution in [2.75, 3.05) is 12.4 Å². The second kappa shape index (κ2) is 4.94. The molecular formula is C14H24N2O. The number of pyridine rings is 1. The van der Waals surface area contributed by atoms with Gasteiger partial charge in [-0.05, 0) is 37.8 Å². The highest BCUT2D eigenvalue weighted by Crippen LogP contribution is 2.31. The van der Waals surface area contributed by atoms with Crippen molar-refractivity contribution in [3.05, 3.63) is 18.3 Å². The number of methoxy groups -OCH3 is 1. The summed E-state index contributed by atoms with van der Waals surface area (Å²) >= 11 is 0. The molecule has 0 unspecified atom stereocenters. The van der Waals surface area contributed by atoms with E-state index in [1.807, 2.05) is 12.1 Å². The fraction of sp³-hybridized carbons (Fsp3) is 0.643. The molecule has 0 aliphatic rings. The third kappa shape index (κ3) is 4.63. The molecule has 1 N–H and O–H groups in total. The number of rotatable bonds is 4. The zero-order chi connectivity index (χ0) is 13.1. The number of aromatic nitrogens is 1. The van der Waals surface area contributed by atoms with Crippen molar-refractivity contribution in [2.45, 2.75) is 46.6 Å². The first kappa shape index (κ1) is 13.8. The summed E-state index contributed by atoms with van der Waals surface area (Å²) in [4.78, 5) is 4.19. The van der Waals surface area contributed by atoms with E-state index in [-0.39, 0.29) is 11.0 Å². The average molecular weight is 236 g/mol. The van der Waals surface area contributed by atoms with E-state index >= 15 is 0 Å². The minimum absolute atomic E-state index is 0.00850. The highest BCUT2D eigenvalue weighted by molar-refractivity contribution is 5.53. The minimum atomic E-state index is 0.00850. The first-order valence-corrected chi connectivity index (χ1v) is 6.01. The van der Waals surface area contributed by atoms with E-state index in [0.29, 0.717) is 5.88 Å². The first-order valence-electron chi connectivity index (χ1n) is 6.01. The lowest BCUT2D eigenvalue weighted by Gasteiger charge is -2.34. The predicted octanol–water partition coefficient (Wildman–Crippen LogP) is 3.72. The lowest BCUT2D eigenvalue weighted by Crippen LogP contribution is -2.35. The Kier molecular flexibility index (Phi) is 4.02. The summed E-state index contributed by atoms with van der Waals surface area (Å²) in [6, 6.07) is 3.91. The second-order valence-corrected chi connectivity index (χ2v) is 6.31. The van der Waals surface area contributed by atoms with Gasteiger partial charge in [0.15, 0.2) is 0 Å². The van der Waals surface area contributed by atoms with Crippen molar-refractivity contribution in [1.29, 1.82) is 0 Å². The third-order valence-corrected chi connectivity index (χ3v) is 2.41. The van der Waals surface area contributed by atoms with Crippen molar-refractivity contribution in [3.63, 3.8) is 0 Å². The molecule has 0 saturated heterocycles. The van der Waals surface area contributed by atoms with Gasteiger partial charge >= 0.3 is 0 Å². The van der Waals surface area contributed by atoms with Gasteiger partial charge in [-0.15, -0.1) is 0 Å². The van der Waals surface area contributed by atoms with E-state index in [1.165, 1.54) is 0 Å². The number of nitrogens with one attached hydrogen (secondary N) is 1. The van der Waals surface area contributed by atoms with Crippen LogP contribution in [0, 0.1) is 5.41 Å². The molecule has 1 rings (SSSR count). The molecule has 1 heterocycles. The van der Waals surface area contributed by atoms with E-state index < -0.39 is 0 Å². The van der Waals surface area contributed by atoms with E-state index in [2.05, 4.69) is 44.9 Å². The molecule has 3 nitrogen and oxygen atoms in total. The molecule has 0 spiro atoms. The average Bonchev–Trinajstić information content (AvgIpc) is 2.14. The molecule has 1 aromatic heterocycles. The van der Waals surface area contributed by atoms with Crippen LogP contribution >= 0.6 is 0 Å². The van der Waals surface area contributed by atoms with Crippen LogP contribution < -0.4 is 10.1 Å². The lowest BCUT2D eigenvalue weighted by molar-refractivity contribution is 0.301. The number of hydrogen-bond donors (Lipinski definition) is 1. The largest absolute Gasteiger partial charge is 0.480 e. The van der Waals surface area contributed by atoms with Crippen molar-refractivity contribution in [2.24, 2.45) is 5.41 Å². The monoisotopic (exact) mass is 236 g/mol. The molecule has 0 fully saturated rings. The van der Waals surface area contributed by atoms with Crippen LogP contribution in [0.5, 0.6) is 5.88 Å². The summed E-state index contributed by atoms with van der Waals surface area (Å²) in [6.07, 6.45) is 2.80. The summed E-state index contributed by atoms with van der Waals surface area (Å²) in [6.45, 7) is 11.1. The first-order chi connectivity index (χ1) is 7.73. The highest BCUT2D eigenvalue weighted by atomic mass is 16.5. The van der Waals surface area contributed by atoms with E-state index in [0.717, 1.165) is 12.1 Å². The lowest BCUT2D eigenvalue weighted by atomic mass is 9.81. The van der Waals surface area contributed by atoms with Crippen molar-refractivity contribution in [3.8, 4) is 5.88 Å². The van der Waals surface area contributed by atoms with Crippen molar-refractivity contribution < 1.29 is 4.74 Å². The molecule has 0 atom stereocenters. The van der Waals surface area contributed by atoms with Crippen LogP contribution in [0.3, 0.4) is 0 Å². The molecule has 0 aliphatic heterocycles. The molecule has 1 aromatic rings. The van der Waals surface area contributed by atoms with Gasteiger partial charge in [-0.25, -0.2) is 4.98 Å². The number of anilines is 1. The molecule has 0 saturated carbocycles. The van der Waals surface area contributed by atoms with Crippen LogP contribution in [0.1, 0.15) is 41.0 Å². The summed E-state index contributed by atoms with van der Waals surface area (Å²) < 4.78 is 5.25. The Labute approximate surface area is 105 Å². The zero-order valence-corrected chi connectivity index (χ0v) is 11.8. The third-order valence-electron chi connectivity index (χ3n) is 2.41. The van der Waals surface area contributed by atoms with Crippen LogP contribution in [0.15, 0.2) is 18.3 Å². The van der Waals surface area contributed by atoms with Gasteiger partial charge in [-0.1, -0.05) is 20.8 Å². The van der Waals surface area contributed by atoms with Gasteiger partial charge in [-0.2, -0.15) is 0 Å². The van der Waals surface area contributed by atoms with Crippen molar-refractivity contribution in [1.82, 2.24) is 4.98 Å². The Balaban J connectivity index is 2.82. The number of hydrogen-bond acceptors (Lipinski definition) is 3. The quantitative estimate of drug-likeness (QED) is 0.865. The smallest absolute Gasteiger partial charge is 0.237 e. The fourth-order valence-corrected chi connectivity index (χ4v) is 2.38. The zero-order valence-electron chi connectivity index (χ0n) is 11.8. The van der Waals surface area contributed by atoms with Gasteiger partial charge in [0.05, 0.1) is 12.8 Å². The normalized spacial score (nSPS) is 12.4. The molecule has 3 heteroatoms. The van der Waals surface area contributed by atoms with Crippen molar-refractivity contribution >= 4 is 5.69 Å². The molecule has 0 amide bonds. The maximum absolute atomic E-state index is 5.25. The van der Waals surface area contributed by atoms with Crippen LogP contribution in [-0.2, 0) is 0 Å². The Morgan fingerprint density at radius 3 is 2.41 bits per heavy atom. The van der Waals surface area contributed by atoms with Gasteiger partial charge in [-0.3, -0.25) is 0 Å². The van der Waals surface area contributed by atoms with E-state index in [1.54, 1.807) is 13.3 Å². The number of nitrogens with zero attached hydrogens (tertiary/aromatic N) is 1. The minimum Gasteiger partial charge on any atom is -0.480 e. The SMILES string of the molecule is COc1ncccc1NC(C)(C)CC(C)(C)C. The molecule has 96 valence electrons. The van der Waals surface area contributed by atoms with E-state index in [4.69, 9.17) is 4.74 Å². The Morgan fingerprint density at radius 1 is 1.24 bits per heavy atom. The number of ether oxygens (including phenoxy) is 1.